The summed E-state index contributed by atoms with van der Waals surface area (Å²) in [5, 5.41) is 13.7. The highest BCUT2D eigenvalue weighted by molar-refractivity contribution is 8.00. The molecule has 0 bridgehead atoms. The molecule has 3 aliphatic rings. The van der Waals surface area contributed by atoms with Crippen LogP contribution in [0.5, 0.6) is 11.5 Å². The predicted octanol–water partition coefficient (Wildman–Crippen LogP) is 10.4. The van der Waals surface area contributed by atoms with Crippen molar-refractivity contribution in [3.63, 3.8) is 0 Å². The lowest BCUT2D eigenvalue weighted by Crippen LogP contribution is -2.43. The fraction of sp³-hybridized carbons (Fsp3) is 0.282. The second-order valence-electron chi connectivity index (χ2n) is 14.2. The Morgan fingerprint density at radius 2 is 1.24 bits per heavy atom. The van der Waals surface area contributed by atoms with Gasteiger partial charge in [0.05, 0.1) is 4.90 Å². The van der Waals surface area contributed by atoms with Crippen LogP contribution in [0.2, 0.25) is 0 Å². The third kappa shape index (κ3) is 3.65. The zero-order valence-electron chi connectivity index (χ0n) is 24.7. The van der Waals surface area contributed by atoms with Crippen LogP contribution in [-0.4, -0.2) is 5.11 Å². The number of ether oxygens (including phenoxy) is 1. The minimum absolute atomic E-state index is 0.122. The molecule has 210 valence electrons. The minimum Gasteiger partial charge on any atom is -0.507 e. The van der Waals surface area contributed by atoms with E-state index in [-0.39, 0.29) is 16.2 Å². The van der Waals surface area contributed by atoms with Crippen LogP contribution < -0.4 is 4.74 Å². The Hall–Kier alpha value is -3.69. The Balaban J connectivity index is 1.37. The first-order valence-electron chi connectivity index (χ1n) is 15.0. The van der Waals surface area contributed by atoms with E-state index in [9.17, 15) is 5.11 Å². The van der Waals surface area contributed by atoms with Crippen molar-refractivity contribution in [1.29, 1.82) is 0 Å². The summed E-state index contributed by atoms with van der Waals surface area (Å²) >= 11 is 1.76. The van der Waals surface area contributed by atoms with E-state index in [0.29, 0.717) is 5.75 Å². The number of benzene rings is 5. The number of rotatable bonds is 2. The van der Waals surface area contributed by atoms with Crippen molar-refractivity contribution in [1.82, 2.24) is 0 Å². The van der Waals surface area contributed by atoms with Crippen LogP contribution in [-0.2, 0) is 10.3 Å². The fourth-order valence-corrected chi connectivity index (χ4v) is 10.4. The van der Waals surface area contributed by atoms with Gasteiger partial charge in [-0.05, 0) is 75.9 Å². The van der Waals surface area contributed by atoms with E-state index in [1.807, 2.05) is 12.1 Å². The van der Waals surface area contributed by atoms with Crippen LogP contribution in [0.4, 0.5) is 0 Å². The van der Waals surface area contributed by atoms with Gasteiger partial charge in [0.15, 0.2) is 0 Å². The Bertz CT molecular complexity index is 1810. The smallest absolute Gasteiger partial charge is 0.210 e. The number of fused-ring (bicyclic) bond motifs is 8. The highest BCUT2D eigenvalue weighted by atomic mass is 32.2. The van der Waals surface area contributed by atoms with Crippen LogP contribution in [0.1, 0.15) is 69.2 Å². The molecular weight excluding hydrogens is 532 g/mol. The molecular formula is C39H36O2S. The standard InChI is InChI=1S/C39H36O2S/c1-36(2)22-37(3,4)24-38(23-36)30-18-12-11-17-27(30)35-29-20-34-33(19-28(29)32(40)21-31(35)38)41-39(42-34,25-13-7-5-8-14-25)26-15-9-6-10-16-26/h5-21,40H,22-24H2,1-4H3. The topological polar surface area (TPSA) is 29.5 Å². The van der Waals surface area contributed by atoms with Gasteiger partial charge in [0.25, 0.3) is 0 Å². The quantitative estimate of drug-likeness (QED) is 0.230. The maximum atomic E-state index is 11.7. The number of aromatic hydroxyl groups is 1. The summed E-state index contributed by atoms with van der Waals surface area (Å²) < 4.78 is 6.93. The molecule has 1 heterocycles. The number of hydrogen-bond donors (Lipinski definition) is 1. The molecule has 0 unspecified atom stereocenters. The van der Waals surface area contributed by atoms with Gasteiger partial charge >= 0.3 is 0 Å². The minimum atomic E-state index is -0.697. The van der Waals surface area contributed by atoms with E-state index in [0.717, 1.165) is 45.4 Å². The molecule has 1 fully saturated rings. The molecule has 0 amide bonds. The van der Waals surface area contributed by atoms with Crippen LogP contribution in [0.3, 0.4) is 0 Å². The van der Waals surface area contributed by atoms with Crippen LogP contribution in [0, 0.1) is 10.8 Å². The molecule has 2 nitrogen and oxygen atoms in total. The van der Waals surface area contributed by atoms with Gasteiger partial charge in [-0.2, -0.15) is 0 Å². The first kappa shape index (κ1) is 26.0. The summed E-state index contributed by atoms with van der Waals surface area (Å²) in [5.41, 5.74) is 7.76. The van der Waals surface area contributed by atoms with E-state index in [1.54, 1.807) is 11.8 Å². The van der Waals surface area contributed by atoms with E-state index < -0.39 is 4.93 Å². The zero-order valence-corrected chi connectivity index (χ0v) is 25.5. The lowest BCUT2D eigenvalue weighted by atomic mass is 9.52. The fourth-order valence-electron chi connectivity index (χ4n) is 9.05. The molecule has 1 spiro atoms. The van der Waals surface area contributed by atoms with E-state index in [2.05, 4.69) is 119 Å². The van der Waals surface area contributed by atoms with Gasteiger partial charge in [-0.1, -0.05) is 124 Å². The van der Waals surface area contributed by atoms with Crippen molar-refractivity contribution in [2.45, 2.75) is 62.2 Å². The summed E-state index contributed by atoms with van der Waals surface area (Å²) in [5.74, 6) is 1.15. The van der Waals surface area contributed by atoms with E-state index in [1.165, 1.54) is 28.7 Å². The Morgan fingerprint density at radius 1 is 0.643 bits per heavy atom. The molecule has 0 radical (unpaired) electrons. The molecule has 5 aromatic carbocycles. The van der Waals surface area contributed by atoms with Crippen molar-refractivity contribution in [2.24, 2.45) is 10.8 Å². The van der Waals surface area contributed by atoms with E-state index >= 15 is 0 Å². The maximum Gasteiger partial charge on any atom is 0.210 e. The highest BCUT2D eigenvalue weighted by Gasteiger charge is 2.54. The molecule has 1 aliphatic heterocycles. The average molecular weight is 569 g/mol. The summed E-state index contributed by atoms with van der Waals surface area (Å²) in [7, 11) is 0. The third-order valence-electron chi connectivity index (χ3n) is 9.74. The summed E-state index contributed by atoms with van der Waals surface area (Å²) in [4.78, 5) is 0.406. The average Bonchev–Trinajstić information content (AvgIpc) is 3.46. The first-order chi connectivity index (χ1) is 20.1. The van der Waals surface area contributed by atoms with Crippen LogP contribution >= 0.6 is 11.8 Å². The maximum absolute atomic E-state index is 11.7. The van der Waals surface area contributed by atoms with Crippen molar-refractivity contribution in [3.05, 3.63) is 125 Å². The zero-order chi connectivity index (χ0) is 28.9. The number of phenols is 1. The molecule has 8 rings (SSSR count). The van der Waals surface area contributed by atoms with Gasteiger partial charge in [-0.25, -0.2) is 0 Å². The number of thioether (sulfide) groups is 1. The molecule has 2 aliphatic carbocycles. The number of phenolic OH excluding ortho intramolecular Hbond substituents is 1. The first-order valence-corrected chi connectivity index (χ1v) is 15.9. The Labute approximate surface area is 252 Å². The van der Waals surface area contributed by atoms with Gasteiger partial charge in [-0.15, -0.1) is 0 Å². The molecule has 1 N–H and O–H groups in total. The van der Waals surface area contributed by atoms with Gasteiger partial charge in [0.2, 0.25) is 4.93 Å². The molecule has 0 atom stereocenters. The highest BCUT2D eigenvalue weighted by Crippen LogP contribution is 2.66. The second-order valence-corrected chi connectivity index (χ2v) is 15.4. The van der Waals surface area contributed by atoms with Crippen molar-refractivity contribution in [2.75, 3.05) is 0 Å². The van der Waals surface area contributed by atoms with E-state index in [4.69, 9.17) is 4.74 Å². The predicted molar refractivity (Wildman–Crippen MR) is 173 cm³/mol. The summed E-state index contributed by atoms with van der Waals surface area (Å²) in [6.07, 6.45) is 3.35. The lowest BCUT2D eigenvalue weighted by molar-refractivity contribution is 0.0645. The molecule has 42 heavy (non-hydrogen) atoms. The largest absolute Gasteiger partial charge is 0.507 e. The van der Waals surface area contributed by atoms with Gasteiger partial charge in [0.1, 0.15) is 11.5 Å². The SMILES string of the molecule is CC1(C)CC(C)(C)CC2(C1)c1ccccc1-c1c2cc(O)c2cc3c(cc12)SC(c1ccccc1)(c1ccccc1)O3. The molecule has 0 aromatic heterocycles. The normalized spacial score (nSPS) is 20.1. The lowest BCUT2D eigenvalue weighted by Gasteiger charge is -2.51. The molecule has 0 saturated heterocycles. The van der Waals surface area contributed by atoms with Gasteiger partial charge in [0, 0.05) is 21.9 Å². The molecule has 5 aromatic rings. The van der Waals surface area contributed by atoms with Crippen molar-refractivity contribution in [3.8, 4) is 22.6 Å². The number of hydrogen-bond acceptors (Lipinski definition) is 3. The Kier molecular flexibility index (Phi) is 5.36. The van der Waals surface area contributed by atoms with Crippen LogP contribution in [0.25, 0.3) is 21.9 Å². The molecule has 1 saturated carbocycles. The Morgan fingerprint density at radius 3 is 1.88 bits per heavy atom. The van der Waals surface area contributed by atoms with Crippen LogP contribution in [0.15, 0.2) is 108 Å². The monoisotopic (exact) mass is 568 g/mol. The summed E-state index contributed by atoms with van der Waals surface area (Å²) in [6, 6.07) is 36.4. The van der Waals surface area contributed by atoms with Crippen molar-refractivity contribution < 1.29 is 9.84 Å². The van der Waals surface area contributed by atoms with Gasteiger partial charge < -0.3 is 9.84 Å². The van der Waals surface area contributed by atoms with Crippen molar-refractivity contribution >= 4 is 22.5 Å². The second kappa shape index (κ2) is 8.67. The van der Waals surface area contributed by atoms with Gasteiger partial charge in [-0.3, -0.25) is 0 Å². The third-order valence-corrected chi connectivity index (χ3v) is 11.1. The molecule has 3 heteroatoms. The summed E-state index contributed by atoms with van der Waals surface area (Å²) in [6.45, 7) is 9.69.